The van der Waals surface area contributed by atoms with E-state index in [1.165, 1.54) is 25.3 Å². The van der Waals surface area contributed by atoms with Crippen LogP contribution >= 0.6 is 0 Å². The third-order valence-corrected chi connectivity index (χ3v) is 5.53. The van der Waals surface area contributed by atoms with Crippen molar-refractivity contribution in [3.63, 3.8) is 0 Å². The van der Waals surface area contributed by atoms with Crippen LogP contribution in [0.25, 0.3) is 0 Å². The largest absolute Gasteiger partial charge is 0.366 e. The number of anilines is 1. The van der Waals surface area contributed by atoms with E-state index in [0.717, 1.165) is 12.1 Å². The van der Waals surface area contributed by atoms with Gasteiger partial charge in [-0.15, -0.1) is 0 Å². The van der Waals surface area contributed by atoms with Crippen molar-refractivity contribution in [3.05, 3.63) is 29.8 Å². The molecule has 2 atom stereocenters. The number of fused-ring (bicyclic) bond motifs is 1. The van der Waals surface area contributed by atoms with E-state index in [2.05, 4.69) is 0 Å². The molecule has 2 unspecified atom stereocenters. The molecule has 3 aliphatic rings. The summed E-state index contributed by atoms with van der Waals surface area (Å²) in [4.78, 5) is 16.3. The molecule has 118 valence electrons. The SMILES string of the molecule is O=C(C1C2CCCC21)N1CCN(c2cc(F)ccc2F)CC1. The lowest BCUT2D eigenvalue weighted by Gasteiger charge is -2.36. The fourth-order valence-corrected chi connectivity index (χ4v) is 4.29. The van der Waals surface area contributed by atoms with Crippen LogP contribution in [0.2, 0.25) is 0 Å². The smallest absolute Gasteiger partial charge is 0.226 e. The highest BCUT2D eigenvalue weighted by atomic mass is 19.1. The Morgan fingerprint density at radius 2 is 1.73 bits per heavy atom. The molecule has 0 spiro atoms. The molecule has 2 aliphatic carbocycles. The third-order valence-electron chi connectivity index (χ3n) is 5.53. The molecule has 5 heteroatoms. The number of hydrogen-bond acceptors (Lipinski definition) is 2. The van der Waals surface area contributed by atoms with Crippen LogP contribution in [0.4, 0.5) is 14.5 Å². The first-order chi connectivity index (χ1) is 10.6. The number of halogens is 2. The summed E-state index contributed by atoms with van der Waals surface area (Å²) >= 11 is 0. The Kier molecular flexibility index (Phi) is 3.31. The second-order valence-corrected chi connectivity index (χ2v) is 6.69. The van der Waals surface area contributed by atoms with Crippen LogP contribution in [0.15, 0.2) is 18.2 Å². The fourth-order valence-electron chi connectivity index (χ4n) is 4.29. The Labute approximate surface area is 128 Å². The predicted octanol–water partition coefficient (Wildman–Crippen LogP) is 2.66. The average molecular weight is 306 g/mol. The monoisotopic (exact) mass is 306 g/mol. The Balaban J connectivity index is 1.38. The molecular weight excluding hydrogens is 286 g/mol. The maximum absolute atomic E-state index is 13.8. The maximum atomic E-state index is 13.8. The quantitative estimate of drug-likeness (QED) is 0.838. The first-order valence-corrected chi connectivity index (χ1v) is 8.14. The van der Waals surface area contributed by atoms with Crippen LogP contribution < -0.4 is 4.90 Å². The molecule has 3 fully saturated rings. The lowest BCUT2D eigenvalue weighted by atomic mass is 10.1. The number of carbonyl (C=O) groups excluding carboxylic acids is 1. The zero-order valence-electron chi connectivity index (χ0n) is 12.5. The number of amides is 1. The molecule has 0 N–H and O–H groups in total. The molecule has 1 aromatic rings. The van der Waals surface area contributed by atoms with Gasteiger partial charge in [0.15, 0.2) is 0 Å². The molecule has 1 saturated heterocycles. The van der Waals surface area contributed by atoms with E-state index in [4.69, 9.17) is 0 Å². The lowest BCUT2D eigenvalue weighted by Crippen LogP contribution is -2.49. The Morgan fingerprint density at radius 3 is 2.41 bits per heavy atom. The van der Waals surface area contributed by atoms with E-state index >= 15 is 0 Å². The summed E-state index contributed by atoms with van der Waals surface area (Å²) in [7, 11) is 0. The first kappa shape index (κ1) is 14.0. The molecule has 1 aliphatic heterocycles. The van der Waals surface area contributed by atoms with Crippen molar-refractivity contribution in [2.45, 2.75) is 19.3 Å². The molecular formula is C17H20F2N2O. The summed E-state index contributed by atoms with van der Waals surface area (Å²) in [5.74, 6) is 0.969. The summed E-state index contributed by atoms with van der Waals surface area (Å²) in [6.07, 6.45) is 3.68. The normalized spacial score (nSPS) is 30.4. The number of hydrogen-bond donors (Lipinski definition) is 0. The summed E-state index contributed by atoms with van der Waals surface area (Å²) in [6, 6.07) is 3.52. The molecule has 2 saturated carbocycles. The lowest BCUT2D eigenvalue weighted by molar-refractivity contribution is -0.133. The zero-order chi connectivity index (χ0) is 15.3. The third kappa shape index (κ3) is 2.27. The van der Waals surface area contributed by atoms with E-state index in [9.17, 15) is 13.6 Å². The second kappa shape index (κ2) is 5.21. The summed E-state index contributed by atoms with van der Waals surface area (Å²) in [5.41, 5.74) is 0.301. The van der Waals surface area contributed by atoms with E-state index < -0.39 is 11.6 Å². The van der Waals surface area contributed by atoms with Crippen molar-refractivity contribution in [1.82, 2.24) is 4.90 Å². The van der Waals surface area contributed by atoms with Gasteiger partial charge in [-0.1, -0.05) is 6.42 Å². The van der Waals surface area contributed by atoms with Crippen LogP contribution in [-0.2, 0) is 4.79 Å². The highest BCUT2D eigenvalue weighted by Gasteiger charge is 2.57. The predicted molar refractivity (Wildman–Crippen MR) is 79.5 cm³/mol. The number of piperazine rings is 1. The van der Waals surface area contributed by atoms with Crippen LogP contribution in [0.3, 0.4) is 0 Å². The minimum atomic E-state index is -0.430. The minimum Gasteiger partial charge on any atom is -0.366 e. The number of rotatable bonds is 2. The number of nitrogens with zero attached hydrogens (tertiary/aromatic N) is 2. The highest BCUT2D eigenvalue weighted by Crippen LogP contribution is 2.58. The van der Waals surface area contributed by atoms with Crippen molar-refractivity contribution >= 4 is 11.6 Å². The highest BCUT2D eigenvalue weighted by molar-refractivity contribution is 5.82. The fraction of sp³-hybridized carbons (Fsp3) is 0.588. The van der Waals surface area contributed by atoms with Gasteiger partial charge in [0, 0.05) is 38.2 Å². The molecule has 0 bridgehead atoms. The van der Waals surface area contributed by atoms with Gasteiger partial charge in [0.2, 0.25) is 5.91 Å². The van der Waals surface area contributed by atoms with Crippen molar-refractivity contribution in [3.8, 4) is 0 Å². The second-order valence-electron chi connectivity index (χ2n) is 6.69. The van der Waals surface area contributed by atoms with Gasteiger partial charge < -0.3 is 9.80 Å². The van der Waals surface area contributed by atoms with Gasteiger partial charge in [-0.2, -0.15) is 0 Å². The van der Waals surface area contributed by atoms with Gasteiger partial charge in [-0.3, -0.25) is 4.79 Å². The van der Waals surface area contributed by atoms with Crippen LogP contribution in [-0.4, -0.2) is 37.0 Å². The Morgan fingerprint density at radius 1 is 1.05 bits per heavy atom. The summed E-state index contributed by atoms with van der Waals surface area (Å²) < 4.78 is 27.1. The van der Waals surface area contributed by atoms with Crippen molar-refractivity contribution in [2.24, 2.45) is 17.8 Å². The average Bonchev–Trinajstić information content (AvgIpc) is 3.01. The standard InChI is InChI=1S/C17H20F2N2O/c18-11-4-5-14(19)15(10-11)20-6-8-21(9-7-20)17(22)16-12-2-1-3-13(12)16/h4-5,10,12-13,16H,1-3,6-9H2. The van der Waals surface area contributed by atoms with Crippen molar-refractivity contribution < 1.29 is 13.6 Å². The zero-order valence-corrected chi connectivity index (χ0v) is 12.5. The van der Waals surface area contributed by atoms with E-state index in [-0.39, 0.29) is 11.8 Å². The van der Waals surface area contributed by atoms with E-state index in [1.807, 2.05) is 9.80 Å². The molecule has 4 rings (SSSR count). The van der Waals surface area contributed by atoms with Gasteiger partial charge in [-0.25, -0.2) is 8.78 Å². The van der Waals surface area contributed by atoms with Gasteiger partial charge >= 0.3 is 0 Å². The maximum Gasteiger partial charge on any atom is 0.226 e. The molecule has 1 heterocycles. The van der Waals surface area contributed by atoms with Gasteiger partial charge in [-0.05, 0) is 36.8 Å². The summed E-state index contributed by atoms with van der Waals surface area (Å²) in [6.45, 7) is 2.33. The van der Waals surface area contributed by atoms with Crippen molar-refractivity contribution in [1.29, 1.82) is 0 Å². The van der Waals surface area contributed by atoms with Gasteiger partial charge in [0.25, 0.3) is 0 Å². The van der Waals surface area contributed by atoms with Gasteiger partial charge in [0.05, 0.1) is 5.69 Å². The molecule has 1 aromatic carbocycles. The molecule has 0 radical (unpaired) electrons. The topological polar surface area (TPSA) is 23.6 Å². The van der Waals surface area contributed by atoms with E-state index in [0.29, 0.717) is 43.7 Å². The molecule has 1 amide bonds. The van der Waals surface area contributed by atoms with Crippen LogP contribution in [0.5, 0.6) is 0 Å². The molecule has 3 nitrogen and oxygen atoms in total. The Hall–Kier alpha value is -1.65. The molecule has 0 aromatic heterocycles. The Bertz CT molecular complexity index is 588. The number of carbonyl (C=O) groups is 1. The number of benzene rings is 1. The first-order valence-electron chi connectivity index (χ1n) is 8.14. The van der Waals surface area contributed by atoms with Crippen LogP contribution in [0, 0.1) is 29.4 Å². The van der Waals surface area contributed by atoms with Crippen LogP contribution in [0.1, 0.15) is 19.3 Å². The van der Waals surface area contributed by atoms with E-state index in [1.54, 1.807) is 0 Å². The molecule has 22 heavy (non-hydrogen) atoms. The minimum absolute atomic E-state index is 0.256. The van der Waals surface area contributed by atoms with Gasteiger partial charge in [0.1, 0.15) is 11.6 Å². The van der Waals surface area contributed by atoms with Crippen molar-refractivity contribution in [2.75, 3.05) is 31.1 Å². The summed E-state index contributed by atoms with van der Waals surface area (Å²) in [5, 5.41) is 0.